The van der Waals surface area contributed by atoms with Gasteiger partial charge in [0.2, 0.25) is 0 Å². The van der Waals surface area contributed by atoms with Crippen LogP contribution in [0.5, 0.6) is 0 Å². The number of nitrogens with one attached hydrogen (secondary N) is 1. The number of amides is 1. The van der Waals surface area contributed by atoms with Gasteiger partial charge in [-0.15, -0.1) is 0 Å². The number of anilines is 1. The molecule has 1 atom stereocenters. The fraction of sp³-hybridized carbons (Fsp3) is 0.667. The molecule has 2 fully saturated rings. The second-order valence-corrected chi connectivity index (χ2v) is 7.06. The van der Waals surface area contributed by atoms with Crippen molar-refractivity contribution in [3.63, 3.8) is 0 Å². The number of hydrogen-bond acceptors (Lipinski definition) is 4. The van der Waals surface area contributed by atoms with Crippen molar-refractivity contribution in [1.82, 2.24) is 9.88 Å². The molecule has 0 bridgehead atoms. The molecule has 1 aromatic heterocycles. The van der Waals surface area contributed by atoms with Crippen molar-refractivity contribution < 1.29 is 9.53 Å². The van der Waals surface area contributed by atoms with Crippen LogP contribution in [0.1, 0.15) is 55.3 Å². The van der Waals surface area contributed by atoms with Crippen LogP contribution in [0.4, 0.5) is 5.82 Å². The molecule has 2 heterocycles. The minimum Gasteiger partial charge on any atom is -0.375 e. The van der Waals surface area contributed by atoms with Gasteiger partial charge < -0.3 is 15.0 Å². The van der Waals surface area contributed by atoms with E-state index >= 15 is 0 Å². The highest BCUT2D eigenvalue weighted by molar-refractivity contribution is 5.93. The topological polar surface area (TPSA) is 54.5 Å². The molecule has 1 aliphatic carbocycles. The lowest BCUT2D eigenvalue weighted by atomic mass is 9.78. The molecule has 1 saturated carbocycles. The number of ether oxygens (including phenoxy) is 1. The van der Waals surface area contributed by atoms with Gasteiger partial charge in [0.1, 0.15) is 5.82 Å². The van der Waals surface area contributed by atoms with Gasteiger partial charge in [-0.25, -0.2) is 4.98 Å². The smallest absolute Gasteiger partial charge is 0.254 e. The average Bonchev–Trinajstić information content (AvgIpc) is 2.55. The third-order valence-electron chi connectivity index (χ3n) is 5.03. The maximum atomic E-state index is 11.9. The van der Waals surface area contributed by atoms with Gasteiger partial charge in [0.25, 0.3) is 5.91 Å². The maximum Gasteiger partial charge on any atom is 0.254 e. The van der Waals surface area contributed by atoms with Gasteiger partial charge in [0, 0.05) is 32.9 Å². The molecule has 1 unspecified atom stereocenters. The predicted molar refractivity (Wildman–Crippen MR) is 90.7 cm³/mol. The first-order valence-corrected chi connectivity index (χ1v) is 8.66. The summed E-state index contributed by atoms with van der Waals surface area (Å²) in [6.45, 7) is 0.828. The van der Waals surface area contributed by atoms with Crippen LogP contribution in [0.25, 0.3) is 0 Å². The Kier molecular flexibility index (Phi) is 4.85. The first-order chi connectivity index (χ1) is 11.1. The number of carbonyl (C=O) groups excluding carboxylic acids is 1. The van der Waals surface area contributed by atoms with Crippen LogP contribution in [-0.4, -0.2) is 48.1 Å². The first-order valence-electron chi connectivity index (χ1n) is 8.66. The zero-order valence-electron chi connectivity index (χ0n) is 14.2. The Bertz CT molecular complexity index is 530. The summed E-state index contributed by atoms with van der Waals surface area (Å²) in [5.41, 5.74) is 0.714. The molecule has 1 aliphatic heterocycles. The van der Waals surface area contributed by atoms with Crippen molar-refractivity contribution in [3.05, 3.63) is 23.9 Å². The Hall–Kier alpha value is -1.62. The normalized spacial score (nSPS) is 23.5. The summed E-state index contributed by atoms with van der Waals surface area (Å²) < 4.78 is 6.14. The third kappa shape index (κ3) is 3.83. The first kappa shape index (κ1) is 16.2. The van der Waals surface area contributed by atoms with Gasteiger partial charge in [-0.05, 0) is 37.8 Å². The summed E-state index contributed by atoms with van der Waals surface area (Å²) in [5.74, 6) is 0.828. The fourth-order valence-corrected chi connectivity index (χ4v) is 3.77. The van der Waals surface area contributed by atoms with E-state index in [4.69, 9.17) is 4.74 Å². The van der Waals surface area contributed by atoms with Gasteiger partial charge in [0.05, 0.1) is 11.2 Å². The second-order valence-electron chi connectivity index (χ2n) is 7.06. The molecule has 2 aliphatic rings. The summed E-state index contributed by atoms with van der Waals surface area (Å²) in [6.07, 6.45) is 10.0. The average molecular weight is 317 g/mol. The standard InChI is InChI=1S/C18H27N3O2/c1-21(2)17(22)14-6-7-16(19-13-14)20-15-8-11-23-18(12-15)9-4-3-5-10-18/h6-7,13,15H,3-5,8-12H2,1-2H3,(H,19,20). The fourth-order valence-electron chi connectivity index (χ4n) is 3.77. The van der Waals surface area contributed by atoms with Crippen molar-refractivity contribution in [2.45, 2.75) is 56.6 Å². The minimum absolute atomic E-state index is 0.0173. The van der Waals surface area contributed by atoms with Gasteiger partial charge in [-0.3, -0.25) is 4.79 Å². The highest BCUT2D eigenvalue weighted by Gasteiger charge is 2.38. The van der Waals surface area contributed by atoms with Gasteiger partial charge in [-0.1, -0.05) is 19.3 Å². The molecule has 5 nitrogen and oxygen atoms in total. The van der Waals surface area contributed by atoms with E-state index in [9.17, 15) is 4.79 Å². The van der Waals surface area contributed by atoms with Crippen molar-refractivity contribution in [2.24, 2.45) is 0 Å². The molecule has 5 heteroatoms. The molecule has 0 aromatic carbocycles. The second kappa shape index (κ2) is 6.87. The van der Waals surface area contributed by atoms with Crippen molar-refractivity contribution in [3.8, 4) is 0 Å². The SMILES string of the molecule is CN(C)C(=O)c1ccc(NC2CCOC3(CCCCC3)C2)nc1. The van der Waals surface area contributed by atoms with E-state index < -0.39 is 0 Å². The summed E-state index contributed by atoms with van der Waals surface area (Å²) in [6, 6.07) is 4.15. The highest BCUT2D eigenvalue weighted by atomic mass is 16.5. The maximum absolute atomic E-state index is 11.9. The number of rotatable bonds is 3. The Morgan fingerprint density at radius 3 is 2.74 bits per heavy atom. The molecule has 1 saturated heterocycles. The quantitative estimate of drug-likeness (QED) is 0.931. The summed E-state index contributed by atoms with van der Waals surface area (Å²) >= 11 is 0. The Morgan fingerprint density at radius 1 is 1.30 bits per heavy atom. The largest absolute Gasteiger partial charge is 0.375 e. The van der Waals surface area contributed by atoms with E-state index in [2.05, 4.69) is 10.3 Å². The van der Waals surface area contributed by atoms with Crippen LogP contribution < -0.4 is 5.32 Å². The van der Waals surface area contributed by atoms with Crippen LogP contribution in [-0.2, 0) is 4.74 Å². The molecular weight excluding hydrogens is 290 g/mol. The summed E-state index contributed by atoms with van der Waals surface area (Å²) in [7, 11) is 3.50. The van der Waals surface area contributed by atoms with E-state index in [0.717, 1.165) is 25.3 Å². The Balaban J connectivity index is 1.61. The number of hydrogen-bond donors (Lipinski definition) is 1. The molecule has 1 N–H and O–H groups in total. The number of aromatic nitrogens is 1. The lowest BCUT2D eigenvalue weighted by Crippen LogP contribution is -2.45. The highest BCUT2D eigenvalue weighted by Crippen LogP contribution is 2.39. The molecule has 23 heavy (non-hydrogen) atoms. The molecule has 3 rings (SSSR count). The lowest BCUT2D eigenvalue weighted by molar-refractivity contribution is -0.103. The van der Waals surface area contributed by atoms with E-state index in [-0.39, 0.29) is 11.5 Å². The monoisotopic (exact) mass is 317 g/mol. The molecule has 1 spiro atoms. The number of nitrogens with zero attached hydrogens (tertiary/aromatic N) is 2. The summed E-state index contributed by atoms with van der Waals surface area (Å²) in [4.78, 5) is 17.9. The Morgan fingerprint density at radius 2 is 2.09 bits per heavy atom. The minimum atomic E-state index is -0.0173. The third-order valence-corrected chi connectivity index (χ3v) is 5.03. The summed E-state index contributed by atoms with van der Waals surface area (Å²) in [5, 5.41) is 3.53. The van der Waals surface area contributed by atoms with E-state index in [1.165, 1.54) is 32.1 Å². The van der Waals surface area contributed by atoms with Crippen LogP contribution >= 0.6 is 0 Å². The van der Waals surface area contributed by atoms with Crippen molar-refractivity contribution >= 4 is 11.7 Å². The van der Waals surface area contributed by atoms with Crippen molar-refractivity contribution in [1.29, 1.82) is 0 Å². The van der Waals surface area contributed by atoms with Crippen LogP contribution in [0, 0.1) is 0 Å². The number of carbonyl (C=O) groups is 1. The van der Waals surface area contributed by atoms with E-state index in [0.29, 0.717) is 11.6 Å². The van der Waals surface area contributed by atoms with Gasteiger partial charge in [-0.2, -0.15) is 0 Å². The zero-order chi connectivity index (χ0) is 16.3. The zero-order valence-corrected chi connectivity index (χ0v) is 14.2. The molecule has 1 amide bonds. The Labute approximate surface area is 138 Å². The van der Waals surface area contributed by atoms with Crippen LogP contribution in [0.3, 0.4) is 0 Å². The number of pyridine rings is 1. The van der Waals surface area contributed by atoms with Crippen molar-refractivity contribution in [2.75, 3.05) is 26.0 Å². The predicted octanol–water partition coefficient (Wildman–Crippen LogP) is 3.08. The van der Waals surface area contributed by atoms with Crippen LogP contribution in [0.15, 0.2) is 18.3 Å². The molecule has 1 aromatic rings. The van der Waals surface area contributed by atoms with E-state index in [1.807, 2.05) is 12.1 Å². The van der Waals surface area contributed by atoms with E-state index in [1.54, 1.807) is 25.2 Å². The van der Waals surface area contributed by atoms with Gasteiger partial charge in [0.15, 0.2) is 0 Å². The molecule has 126 valence electrons. The van der Waals surface area contributed by atoms with Crippen LogP contribution in [0.2, 0.25) is 0 Å². The van der Waals surface area contributed by atoms with Gasteiger partial charge >= 0.3 is 0 Å². The molecule has 0 radical (unpaired) electrons. The lowest BCUT2D eigenvalue weighted by Gasteiger charge is -2.43. The molecular formula is C18H27N3O2.